The molecule has 3 N–H and O–H groups in total. The quantitative estimate of drug-likeness (QED) is 0.574. The summed E-state index contributed by atoms with van der Waals surface area (Å²) in [4.78, 5) is 46.1. The molecule has 2 rings (SSSR count). The minimum absolute atomic E-state index is 0.197. The van der Waals surface area contributed by atoms with Gasteiger partial charge in [-0.25, -0.2) is 0 Å². The second-order valence-electron chi connectivity index (χ2n) is 4.65. The average Bonchev–Trinajstić information content (AvgIpc) is 2.92. The molecule has 24 heavy (non-hydrogen) atoms. The van der Waals surface area contributed by atoms with Crippen LogP contribution in [0.5, 0.6) is 0 Å². The summed E-state index contributed by atoms with van der Waals surface area (Å²) in [6.45, 7) is -0.289. The first kappa shape index (κ1) is 17.6. The number of hydrogen-bond acceptors (Lipinski definition) is 6. The summed E-state index contributed by atoms with van der Waals surface area (Å²) in [5.41, 5.74) is 3.09. The summed E-state index contributed by atoms with van der Waals surface area (Å²) in [7, 11) is 0. The molecule has 9 nitrogen and oxygen atoms in total. The molecule has 2 amide bonds. The second-order valence-corrected chi connectivity index (χ2v) is 6.45. The van der Waals surface area contributed by atoms with Gasteiger partial charge in [0.05, 0.1) is 22.0 Å². The van der Waals surface area contributed by atoms with Crippen LogP contribution in [0.25, 0.3) is 0 Å². The Bertz CT molecular complexity index is 875. The highest BCUT2D eigenvalue weighted by Crippen LogP contribution is 2.20. The Kier molecular flexibility index (Phi) is 5.31. The Hall–Kier alpha value is -2.72. The van der Waals surface area contributed by atoms with Gasteiger partial charge in [-0.1, -0.05) is 11.6 Å². The third-order valence-corrected chi connectivity index (χ3v) is 4.18. The number of amides is 2. The molecule has 0 bridgehead atoms. The number of hydrogen-bond donors (Lipinski definition) is 2. The van der Waals surface area contributed by atoms with E-state index in [4.69, 9.17) is 17.3 Å². The SMILES string of the molecule is NC(=O)c1cc([N+](=O)[O-])cn(CC(=O)NCc2ccc(Cl)s2)c1=O. The van der Waals surface area contributed by atoms with Crippen LogP contribution in [0.4, 0.5) is 5.69 Å². The first-order valence-corrected chi connectivity index (χ1v) is 7.67. The van der Waals surface area contributed by atoms with Crippen molar-refractivity contribution in [1.82, 2.24) is 9.88 Å². The van der Waals surface area contributed by atoms with Crippen LogP contribution in [0.3, 0.4) is 0 Å². The lowest BCUT2D eigenvalue weighted by Crippen LogP contribution is -2.35. The van der Waals surface area contributed by atoms with Crippen LogP contribution in [0, 0.1) is 10.1 Å². The third-order valence-electron chi connectivity index (χ3n) is 2.95. The van der Waals surface area contributed by atoms with E-state index < -0.39 is 40.1 Å². The van der Waals surface area contributed by atoms with Crippen LogP contribution < -0.4 is 16.6 Å². The predicted octanol–water partition coefficient (Wildman–Crippen LogP) is 0.887. The first-order valence-electron chi connectivity index (χ1n) is 6.47. The van der Waals surface area contributed by atoms with Gasteiger partial charge >= 0.3 is 0 Å². The molecular formula is C13H11ClN4O5S. The Morgan fingerprint density at radius 3 is 2.67 bits per heavy atom. The van der Waals surface area contributed by atoms with Crippen molar-refractivity contribution in [2.75, 3.05) is 0 Å². The lowest BCUT2D eigenvalue weighted by atomic mass is 10.2. The number of halogens is 1. The molecule has 126 valence electrons. The molecule has 0 fully saturated rings. The number of carbonyl (C=O) groups is 2. The number of primary amides is 1. The van der Waals surface area contributed by atoms with Crippen molar-refractivity contribution in [2.45, 2.75) is 13.1 Å². The topological polar surface area (TPSA) is 137 Å². The van der Waals surface area contributed by atoms with Gasteiger partial charge in [0.25, 0.3) is 17.2 Å². The zero-order chi connectivity index (χ0) is 17.9. The maximum absolute atomic E-state index is 12.0. The molecule has 0 radical (unpaired) electrons. The van der Waals surface area contributed by atoms with Crippen molar-refractivity contribution >= 4 is 40.4 Å². The van der Waals surface area contributed by atoms with E-state index in [1.54, 1.807) is 12.1 Å². The van der Waals surface area contributed by atoms with Gasteiger partial charge in [0.15, 0.2) is 0 Å². The van der Waals surface area contributed by atoms with Crippen LogP contribution in [0.1, 0.15) is 15.2 Å². The molecule has 2 aromatic heterocycles. The highest BCUT2D eigenvalue weighted by atomic mass is 35.5. The fourth-order valence-corrected chi connectivity index (χ4v) is 2.88. The Morgan fingerprint density at radius 2 is 2.12 bits per heavy atom. The molecule has 2 aromatic rings. The summed E-state index contributed by atoms with van der Waals surface area (Å²) >= 11 is 7.06. The van der Waals surface area contributed by atoms with Gasteiger partial charge in [-0.2, -0.15) is 0 Å². The molecule has 0 saturated heterocycles. The number of carbonyl (C=O) groups excluding carboxylic acids is 2. The van der Waals surface area contributed by atoms with E-state index in [0.29, 0.717) is 4.34 Å². The van der Waals surface area contributed by atoms with Crippen LogP contribution >= 0.6 is 22.9 Å². The Balaban J connectivity index is 2.18. The van der Waals surface area contributed by atoms with E-state index in [9.17, 15) is 24.5 Å². The number of nitrogens with two attached hydrogens (primary N) is 1. The van der Waals surface area contributed by atoms with Crippen molar-refractivity contribution < 1.29 is 14.5 Å². The van der Waals surface area contributed by atoms with Crippen LogP contribution in [-0.4, -0.2) is 21.3 Å². The Labute approximate surface area is 143 Å². The maximum Gasteiger partial charge on any atom is 0.286 e. The Morgan fingerprint density at radius 1 is 1.42 bits per heavy atom. The predicted molar refractivity (Wildman–Crippen MR) is 87.1 cm³/mol. The van der Waals surface area contributed by atoms with Crippen molar-refractivity contribution in [3.63, 3.8) is 0 Å². The molecule has 0 aliphatic heterocycles. The van der Waals surface area contributed by atoms with Crippen molar-refractivity contribution in [2.24, 2.45) is 5.73 Å². The van der Waals surface area contributed by atoms with Crippen molar-refractivity contribution in [3.05, 3.63) is 59.6 Å². The number of thiophene rings is 1. The fraction of sp³-hybridized carbons (Fsp3) is 0.154. The number of nitrogens with one attached hydrogen (secondary N) is 1. The highest BCUT2D eigenvalue weighted by Gasteiger charge is 2.18. The van der Waals surface area contributed by atoms with Crippen LogP contribution in [0.15, 0.2) is 29.2 Å². The molecule has 0 atom stereocenters. The maximum atomic E-state index is 12.0. The van der Waals surface area contributed by atoms with Crippen LogP contribution in [0.2, 0.25) is 4.34 Å². The van der Waals surface area contributed by atoms with Crippen molar-refractivity contribution in [3.8, 4) is 0 Å². The second kappa shape index (κ2) is 7.23. The van der Waals surface area contributed by atoms with E-state index in [1.165, 1.54) is 11.3 Å². The molecular weight excluding hydrogens is 360 g/mol. The summed E-state index contributed by atoms with van der Waals surface area (Å²) < 4.78 is 1.34. The number of pyridine rings is 1. The fourth-order valence-electron chi connectivity index (χ4n) is 1.86. The zero-order valence-corrected chi connectivity index (χ0v) is 13.6. The largest absolute Gasteiger partial charge is 0.365 e. The molecule has 0 spiro atoms. The third kappa shape index (κ3) is 4.18. The number of nitro groups is 1. The van der Waals surface area contributed by atoms with Gasteiger partial charge in [0.2, 0.25) is 5.91 Å². The highest BCUT2D eigenvalue weighted by molar-refractivity contribution is 7.16. The van der Waals surface area contributed by atoms with Gasteiger partial charge in [-0.3, -0.25) is 29.1 Å². The monoisotopic (exact) mass is 370 g/mol. The summed E-state index contributed by atoms with van der Waals surface area (Å²) in [5.74, 6) is -1.66. The van der Waals surface area contributed by atoms with Gasteiger partial charge in [0, 0.05) is 10.9 Å². The van der Waals surface area contributed by atoms with E-state index in [0.717, 1.165) is 21.7 Å². The lowest BCUT2D eigenvalue weighted by molar-refractivity contribution is -0.385. The molecule has 11 heteroatoms. The zero-order valence-electron chi connectivity index (χ0n) is 12.0. The number of nitrogens with zero attached hydrogens (tertiary/aromatic N) is 2. The van der Waals surface area contributed by atoms with E-state index in [2.05, 4.69) is 5.32 Å². The normalized spacial score (nSPS) is 10.4. The van der Waals surface area contributed by atoms with E-state index in [-0.39, 0.29) is 6.54 Å². The standard InChI is InChI=1S/C13H11ClN4O5S/c14-10-2-1-8(24-10)4-16-11(19)6-17-5-7(18(22)23)3-9(12(15)20)13(17)21/h1-3,5H,4,6H2,(H2,15,20)(H,16,19). The number of aromatic nitrogens is 1. The van der Waals surface area contributed by atoms with Crippen LogP contribution in [-0.2, 0) is 17.9 Å². The van der Waals surface area contributed by atoms with Gasteiger partial charge < -0.3 is 11.1 Å². The van der Waals surface area contributed by atoms with E-state index >= 15 is 0 Å². The van der Waals surface area contributed by atoms with Gasteiger partial charge in [0.1, 0.15) is 12.1 Å². The minimum Gasteiger partial charge on any atom is -0.365 e. The first-order chi connectivity index (χ1) is 11.3. The molecule has 0 aliphatic carbocycles. The lowest BCUT2D eigenvalue weighted by Gasteiger charge is -2.08. The molecule has 0 aliphatic rings. The smallest absolute Gasteiger partial charge is 0.286 e. The molecule has 2 heterocycles. The van der Waals surface area contributed by atoms with Gasteiger partial charge in [-0.05, 0) is 12.1 Å². The molecule has 0 aromatic carbocycles. The molecule has 0 saturated carbocycles. The molecule has 0 unspecified atom stereocenters. The summed E-state index contributed by atoms with van der Waals surface area (Å²) in [6, 6.07) is 4.20. The summed E-state index contributed by atoms with van der Waals surface area (Å²) in [5, 5.41) is 13.4. The summed E-state index contributed by atoms with van der Waals surface area (Å²) in [6.07, 6.45) is 0.885. The number of rotatable bonds is 6. The van der Waals surface area contributed by atoms with Crippen molar-refractivity contribution in [1.29, 1.82) is 0 Å². The van der Waals surface area contributed by atoms with Gasteiger partial charge in [-0.15, -0.1) is 11.3 Å². The minimum atomic E-state index is -1.11. The average molecular weight is 371 g/mol. The van der Waals surface area contributed by atoms with E-state index in [1.807, 2.05) is 0 Å².